The summed E-state index contributed by atoms with van der Waals surface area (Å²) in [5.41, 5.74) is 0.864. The third kappa shape index (κ3) is 3.61. The zero-order chi connectivity index (χ0) is 13.0. The number of halogens is 1. The quantitative estimate of drug-likeness (QED) is 0.880. The highest BCUT2D eigenvalue weighted by Crippen LogP contribution is 2.30. The third-order valence-electron chi connectivity index (χ3n) is 2.55. The van der Waals surface area contributed by atoms with Gasteiger partial charge in [0, 0.05) is 6.04 Å². The Kier molecular flexibility index (Phi) is 4.78. The molecule has 4 nitrogen and oxygen atoms in total. The average molecular weight is 258 g/mol. The number of benzene rings is 1. The fourth-order valence-corrected chi connectivity index (χ4v) is 1.92. The first-order valence-corrected chi connectivity index (χ1v) is 5.55. The van der Waals surface area contributed by atoms with Crippen LogP contribution >= 0.6 is 11.6 Å². The number of carboxylic acid groups (broad SMARTS) is 1. The van der Waals surface area contributed by atoms with Crippen LogP contribution in [-0.4, -0.2) is 37.2 Å². The molecule has 0 heterocycles. The summed E-state index contributed by atoms with van der Waals surface area (Å²) < 4.78 is 5.06. The molecule has 0 bridgehead atoms. The van der Waals surface area contributed by atoms with Gasteiger partial charge in [-0.2, -0.15) is 0 Å². The molecule has 0 aliphatic carbocycles. The lowest BCUT2D eigenvalue weighted by Gasteiger charge is -2.23. The molecule has 5 heteroatoms. The van der Waals surface area contributed by atoms with Gasteiger partial charge in [0.2, 0.25) is 0 Å². The van der Waals surface area contributed by atoms with Crippen molar-refractivity contribution in [3.8, 4) is 5.75 Å². The molecule has 1 atom stereocenters. The minimum atomic E-state index is -0.837. The van der Waals surface area contributed by atoms with E-state index in [0.717, 1.165) is 5.56 Å². The van der Waals surface area contributed by atoms with E-state index in [1.165, 1.54) is 0 Å². The summed E-state index contributed by atoms with van der Waals surface area (Å²) >= 11 is 6.02. The van der Waals surface area contributed by atoms with Gasteiger partial charge in [-0.3, -0.25) is 4.79 Å². The van der Waals surface area contributed by atoms with E-state index in [0.29, 0.717) is 10.8 Å². The van der Waals surface area contributed by atoms with E-state index in [-0.39, 0.29) is 12.5 Å². The minimum absolute atomic E-state index is 0.0374. The van der Waals surface area contributed by atoms with Crippen molar-refractivity contribution in [3.63, 3.8) is 0 Å². The van der Waals surface area contributed by atoms with Crippen molar-refractivity contribution in [1.82, 2.24) is 4.90 Å². The first-order valence-electron chi connectivity index (χ1n) is 5.17. The molecule has 0 saturated carbocycles. The van der Waals surface area contributed by atoms with Gasteiger partial charge in [-0.1, -0.05) is 17.7 Å². The molecule has 1 aromatic carbocycles. The van der Waals surface area contributed by atoms with Crippen LogP contribution in [-0.2, 0) is 4.79 Å². The molecule has 0 aromatic heterocycles. The Morgan fingerprint density at radius 2 is 2.18 bits per heavy atom. The summed E-state index contributed by atoms with van der Waals surface area (Å²) in [6.07, 6.45) is 0.0374. The lowest BCUT2D eigenvalue weighted by Crippen LogP contribution is -2.22. The SMILES string of the molecule is COc1ccc(C(CC(=O)O)N(C)C)cc1Cl. The van der Waals surface area contributed by atoms with E-state index in [1.54, 1.807) is 19.2 Å². The van der Waals surface area contributed by atoms with Crippen LogP contribution in [0.25, 0.3) is 0 Å². The molecular weight excluding hydrogens is 242 g/mol. The fraction of sp³-hybridized carbons (Fsp3) is 0.417. The maximum atomic E-state index is 10.8. The van der Waals surface area contributed by atoms with Crippen molar-refractivity contribution in [2.75, 3.05) is 21.2 Å². The first-order chi connectivity index (χ1) is 7.95. The number of carboxylic acids is 1. The standard InChI is InChI=1S/C12H16ClNO3/c1-14(2)10(7-12(15)16)8-4-5-11(17-3)9(13)6-8/h4-6,10H,7H2,1-3H3,(H,15,16). The van der Waals surface area contributed by atoms with E-state index in [4.69, 9.17) is 21.4 Å². The van der Waals surface area contributed by atoms with Gasteiger partial charge in [0.1, 0.15) is 5.75 Å². The van der Waals surface area contributed by atoms with Crippen LogP contribution < -0.4 is 4.74 Å². The van der Waals surface area contributed by atoms with Gasteiger partial charge < -0.3 is 14.7 Å². The third-order valence-corrected chi connectivity index (χ3v) is 2.85. The van der Waals surface area contributed by atoms with Crippen LogP contribution in [0, 0.1) is 0 Å². The van der Waals surface area contributed by atoms with Gasteiger partial charge in [-0.25, -0.2) is 0 Å². The van der Waals surface area contributed by atoms with E-state index in [2.05, 4.69) is 0 Å². The minimum Gasteiger partial charge on any atom is -0.495 e. The second-order valence-electron chi connectivity index (χ2n) is 3.97. The number of hydrogen-bond acceptors (Lipinski definition) is 3. The van der Waals surface area contributed by atoms with Crippen molar-refractivity contribution in [2.45, 2.75) is 12.5 Å². The van der Waals surface area contributed by atoms with Gasteiger partial charge in [-0.05, 0) is 31.8 Å². The Hall–Kier alpha value is -1.26. The van der Waals surface area contributed by atoms with Gasteiger partial charge >= 0.3 is 5.97 Å². The number of aliphatic carboxylic acids is 1. The average Bonchev–Trinajstić information content (AvgIpc) is 2.25. The molecule has 0 fully saturated rings. The Balaban J connectivity index is 3.02. The zero-order valence-corrected chi connectivity index (χ0v) is 10.9. The van der Waals surface area contributed by atoms with Crippen molar-refractivity contribution >= 4 is 17.6 Å². The number of methoxy groups -OCH3 is 1. The summed E-state index contributed by atoms with van der Waals surface area (Å²) in [5.74, 6) is -0.251. The molecule has 94 valence electrons. The molecule has 0 aliphatic heterocycles. The van der Waals surface area contributed by atoms with Gasteiger partial charge in [-0.15, -0.1) is 0 Å². The topological polar surface area (TPSA) is 49.8 Å². The van der Waals surface area contributed by atoms with Gasteiger partial charge in [0.15, 0.2) is 0 Å². The molecule has 1 N–H and O–H groups in total. The van der Waals surface area contributed by atoms with Crippen LogP contribution in [0.1, 0.15) is 18.0 Å². The lowest BCUT2D eigenvalue weighted by molar-refractivity contribution is -0.138. The lowest BCUT2D eigenvalue weighted by atomic mass is 10.0. The predicted octanol–water partition coefficient (Wildman–Crippen LogP) is 2.43. The second kappa shape index (κ2) is 5.89. The Morgan fingerprint density at radius 3 is 2.59 bits per heavy atom. The molecule has 1 aromatic rings. The number of carbonyl (C=O) groups is 1. The highest BCUT2D eigenvalue weighted by Gasteiger charge is 2.18. The molecule has 1 unspecified atom stereocenters. The summed E-state index contributed by atoms with van der Waals surface area (Å²) in [6.45, 7) is 0. The Labute approximate surface area is 106 Å². The van der Waals surface area contributed by atoms with Crippen LogP contribution in [0.4, 0.5) is 0 Å². The number of nitrogens with zero attached hydrogens (tertiary/aromatic N) is 1. The molecule has 0 aliphatic rings. The summed E-state index contributed by atoms with van der Waals surface area (Å²) in [6, 6.07) is 5.12. The van der Waals surface area contributed by atoms with Crippen LogP contribution in [0.5, 0.6) is 5.75 Å². The monoisotopic (exact) mass is 257 g/mol. The molecule has 0 amide bonds. The van der Waals surface area contributed by atoms with Crippen molar-refractivity contribution in [3.05, 3.63) is 28.8 Å². The molecule has 17 heavy (non-hydrogen) atoms. The largest absolute Gasteiger partial charge is 0.495 e. The molecular formula is C12H16ClNO3. The molecule has 0 saturated heterocycles. The summed E-state index contributed by atoms with van der Waals surface area (Å²) in [4.78, 5) is 12.7. The normalized spacial score (nSPS) is 12.5. The maximum Gasteiger partial charge on any atom is 0.305 e. The molecule has 1 rings (SSSR count). The van der Waals surface area contributed by atoms with Crippen LogP contribution in [0.2, 0.25) is 5.02 Å². The fourth-order valence-electron chi connectivity index (χ4n) is 1.65. The summed E-state index contributed by atoms with van der Waals surface area (Å²) in [7, 11) is 5.22. The molecule has 0 spiro atoms. The van der Waals surface area contributed by atoms with Crippen molar-refractivity contribution < 1.29 is 14.6 Å². The van der Waals surface area contributed by atoms with Gasteiger partial charge in [0.25, 0.3) is 0 Å². The highest BCUT2D eigenvalue weighted by molar-refractivity contribution is 6.32. The van der Waals surface area contributed by atoms with Crippen LogP contribution in [0.3, 0.4) is 0 Å². The second-order valence-corrected chi connectivity index (χ2v) is 4.38. The smallest absolute Gasteiger partial charge is 0.305 e. The Morgan fingerprint density at radius 1 is 1.53 bits per heavy atom. The molecule has 0 radical (unpaired) electrons. The Bertz CT molecular complexity index is 407. The number of ether oxygens (including phenoxy) is 1. The zero-order valence-electron chi connectivity index (χ0n) is 10.1. The summed E-state index contributed by atoms with van der Waals surface area (Å²) in [5, 5.41) is 9.37. The number of rotatable bonds is 5. The highest BCUT2D eigenvalue weighted by atomic mass is 35.5. The van der Waals surface area contributed by atoms with Crippen LogP contribution in [0.15, 0.2) is 18.2 Å². The first kappa shape index (κ1) is 13.8. The van der Waals surface area contributed by atoms with Crippen molar-refractivity contribution in [1.29, 1.82) is 0 Å². The van der Waals surface area contributed by atoms with E-state index >= 15 is 0 Å². The van der Waals surface area contributed by atoms with E-state index in [9.17, 15) is 4.79 Å². The van der Waals surface area contributed by atoms with Gasteiger partial charge in [0.05, 0.1) is 18.6 Å². The van der Waals surface area contributed by atoms with Crippen molar-refractivity contribution in [2.24, 2.45) is 0 Å². The number of hydrogen-bond donors (Lipinski definition) is 1. The van der Waals surface area contributed by atoms with E-state index in [1.807, 2.05) is 25.1 Å². The van der Waals surface area contributed by atoms with E-state index < -0.39 is 5.97 Å². The maximum absolute atomic E-state index is 10.8. The predicted molar refractivity (Wildman–Crippen MR) is 66.7 cm³/mol.